The summed E-state index contributed by atoms with van der Waals surface area (Å²) in [7, 11) is 0. The lowest BCUT2D eigenvalue weighted by atomic mass is 9.62. The second-order valence-corrected chi connectivity index (χ2v) is 30.4. The second kappa shape index (κ2) is 29.1. The minimum Gasteiger partial charge on any atom is -0.456 e. The van der Waals surface area contributed by atoms with Gasteiger partial charge in [0.15, 0.2) is 5.82 Å². The van der Waals surface area contributed by atoms with Crippen LogP contribution in [0.2, 0.25) is 0 Å². The number of aromatic nitrogens is 3. The van der Waals surface area contributed by atoms with Crippen molar-refractivity contribution < 1.29 is 8.83 Å². The highest BCUT2D eigenvalue weighted by molar-refractivity contribution is 6.09. The van der Waals surface area contributed by atoms with E-state index in [9.17, 15) is 5.26 Å². The fourth-order valence-corrected chi connectivity index (χ4v) is 18.7. The number of aryl methyl sites for hydroxylation is 2. The Balaban J connectivity index is 0.000000147. The Kier molecular flexibility index (Phi) is 17.4. The molecule has 4 aromatic heterocycles. The molecule has 0 saturated heterocycles. The molecule has 0 aliphatic carbocycles. The summed E-state index contributed by atoms with van der Waals surface area (Å²) in [5.74, 6) is 0.699. The van der Waals surface area contributed by atoms with E-state index < -0.39 is 10.8 Å². The Bertz CT molecular complexity index is 7070. The zero-order valence-electron chi connectivity index (χ0n) is 64.8. The molecule has 0 amide bonds. The van der Waals surface area contributed by atoms with E-state index in [0.29, 0.717) is 11.4 Å². The third kappa shape index (κ3) is 11.5. The lowest BCUT2D eigenvalue weighted by molar-refractivity contribution is 0.643. The summed E-state index contributed by atoms with van der Waals surface area (Å²) in [6.45, 7) is 4.43. The predicted octanol–water partition coefficient (Wildman–Crippen LogP) is 28.2. The van der Waals surface area contributed by atoms with E-state index in [2.05, 4.69) is 369 Å². The first kappa shape index (κ1) is 70.3. The van der Waals surface area contributed by atoms with Crippen molar-refractivity contribution in [2.75, 3.05) is 9.80 Å². The summed E-state index contributed by atoms with van der Waals surface area (Å²) in [4.78, 5) is 20.3. The van der Waals surface area contributed by atoms with Crippen LogP contribution in [-0.4, -0.2) is 15.0 Å². The molecule has 20 aromatic rings. The highest BCUT2D eigenvalue weighted by Gasteiger charge is 2.50. The highest BCUT2D eigenvalue weighted by atomic mass is 16.3. The average Bonchev–Trinajstić information content (AvgIpc) is 1.05. The average molecular weight is 1510 g/mol. The van der Waals surface area contributed by atoms with Gasteiger partial charge in [0, 0.05) is 66.2 Å². The van der Waals surface area contributed by atoms with E-state index in [-0.39, 0.29) is 0 Å². The smallest absolute Gasteiger partial charge is 0.160 e. The molecule has 0 N–H and O–H groups in total. The molecule has 0 bridgehead atoms. The molecule has 8 heteroatoms. The van der Waals surface area contributed by atoms with Crippen molar-refractivity contribution in [2.45, 2.75) is 24.7 Å². The Morgan fingerprint density at radius 1 is 0.280 bits per heavy atom. The Morgan fingerprint density at radius 3 is 1.03 bits per heavy atom. The van der Waals surface area contributed by atoms with Crippen molar-refractivity contribution in [3.63, 3.8) is 0 Å². The number of pyridine rings is 1. The minimum atomic E-state index is -0.741. The molecule has 0 radical (unpaired) electrons. The molecule has 556 valence electrons. The molecule has 8 nitrogen and oxygen atoms in total. The van der Waals surface area contributed by atoms with Gasteiger partial charge in [-0.15, -0.1) is 0 Å². The zero-order chi connectivity index (χ0) is 78.8. The van der Waals surface area contributed by atoms with Gasteiger partial charge in [-0.2, -0.15) is 5.26 Å². The summed E-state index contributed by atoms with van der Waals surface area (Å²) in [6.07, 6.45) is 0. The molecule has 0 saturated carbocycles. The Morgan fingerprint density at radius 2 is 0.619 bits per heavy atom. The molecule has 16 aromatic carbocycles. The lowest BCUT2D eigenvalue weighted by Crippen LogP contribution is -2.38. The number of anilines is 6. The highest BCUT2D eigenvalue weighted by Crippen LogP contribution is 2.62. The molecule has 118 heavy (non-hydrogen) atoms. The van der Waals surface area contributed by atoms with Crippen LogP contribution in [0.1, 0.15) is 61.2 Å². The molecule has 0 unspecified atom stereocenters. The minimum absolute atomic E-state index is 0.577. The van der Waals surface area contributed by atoms with Gasteiger partial charge in [0.1, 0.15) is 22.3 Å². The first-order chi connectivity index (χ1) is 58.3. The molecule has 2 aliphatic rings. The van der Waals surface area contributed by atoms with E-state index in [0.717, 1.165) is 179 Å². The predicted molar refractivity (Wildman–Crippen MR) is 481 cm³/mol. The molecule has 0 fully saturated rings. The van der Waals surface area contributed by atoms with Gasteiger partial charge in [0.2, 0.25) is 0 Å². The number of hydrogen-bond acceptors (Lipinski definition) is 8. The van der Waals surface area contributed by atoms with Crippen LogP contribution in [0, 0.1) is 25.2 Å². The van der Waals surface area contributed by atoms with Gasteiger partial charge in [-0.05, 0) is 148 Å². The van der Waals surface area contributed by atoms with Crippen LogP contribution < -0.4 is 9.80 Å². The first-order valence-electron chi connectivity index (χ1n) is 40.0. The summed E-state index contributed by atoms with van der Waals surface area (Å²) in [6, 6.07) is 147. The fourth-order valence-electron chi connectivity index (χ4n) is 18.7. The van der Waals surface area contributed by atoms with E-state index >= 15 is 0 Å². The molecule has 0 spiro atoms. The quantitative estimate of drug-likeness (QED) is 0.119. The monoisotopic (exact) mass is 1510 g/mol. The number of nitriles is 1. The number of fused-ring (bicyclic) bond motifs is 10. The van der Waals surface area contributed by atoms with E-state index in [1.54, 1.807) is 0 Å². The Labute approximate surface area is 684 Å². The number of hydrogen-bond donors (Lipinski definition) is 0. The van der Waals surface area contributed by atoms with E-state index in [4.69, 9.17) is 23.8 Å². The van der Waals surface area contributed by atoms with Crippen molar-refractivity contribution in [3.8, 4) is 73.6 Å². The first-order valence-corrected chi connectivity index (χ1v) is 40.0. The van der Waals surface area contributed by atoms with Gasteiger partial charge in [0.25, 0.3) is 0 Å². The third-order valence-corrected chi connectivity index (χ3v) is 23.7. The molecule has 2 aliphatic heterocycles. The van der Waals surface area contributed by atoms with Gasteiger partial charge >= 0.3 is 0 Å². The zero-order valence-corrected chi connectivity index (χ0v) is 64.8. The van der Waals surface area contributed by atoms with Gasteiger partial charge in [-0.3, -0.25) is 0 Å². The number of furan rings is 2. The number of nitrogens with zero attached hydrogens (tertiary/aromatic N) is 6. The topological polar surface area (TPSA) is 95.2 Å². The van der Waals surface area contributed by atoms with Gasteiger partial charge in [0.05, 0.1) is 73.7 Å². The molecular weight excluding hydrogens is 1440 g/mol. The summed E-state index contributed by atoms with van der Waals surface area (Å²) in [5.41, 5.74) is 30.8. The molecule has 22 rings (SSSR count). The lowest BCUT2D eigenvalue weighted by Gasteiger charge is -2.47. The number of benzene rings is 16. The molecule has 6 heterocycles. The van der Waals surface area contributed by atoms with Crippen molar-refractivity contribution in [2.24, 2.45) is 0 Å². The largest absolute Gasteiger partial charge is 0.456 e. The Hall–Kier alpha value is -15.6. The van der Waals surface area contributed by atoms with Crippen molar-refractivity contribution in [3.05, 3.63) is 474 Å². The molecular formula is C110H74N6O2. The maximum atomic E-state index is 10.9. The van der Waals surface area contributed by atoms with Crippen molar-refractivity contribution in [1.82, 2.24) is 15.0 Å². The summed E-state index contributed by atoms with van der Waals surface area (Å²) < 4.78 is 13.7. The van der Waals surface area contributed by atoms with Crippen LogP contribution in [0.25, 0.3) is 111 Å². The molecule has 0 atom stereocenters. The van der Waals surface area contributed by atoms with Gasteiger partial charge < -0.3 is 18.6 Å². The van der Waals surface area contributed by atoms with Gasteiger partial charge in [-0.25, -0.2) is 15.0 Å². The summed E-state index contributed by atoms with van der Waals surface area (Å²) in [5, 5.41) is 15.3. The maximum Gasteiger partial charge on any atom is 0.160 e. The van der Waals surface area contributed by atoms with E-state index in [1.807, 2.05) is 72.8 Å². The van der Waals surface area contributed by atoms with Crippen LogP contribution in [0.3, 0.4) is 0 Å². The summed E-state index contributed by atoms with van der Waals surface area (Å²) >= 11 is 0. The number of rotatable bonds is 12. The fraction of sp³-hybridized carbons (Fsp3) is 0.0364. The maximum absolute atomic E-state index is 10.9. The standard InChI is InChI=1S/C55H39N3O.C55H35N3O/c1-36-33-40(54-56-47(38-19-6-3-7-20-38)35-48(57-54)39-21-8-4-9-22-39)34-37(2)52(36)58-49-30-15-13-27-44(49)55(41-23-10-5-11-24-41,45-28-14-16-31-50(45)58)46-29-18-26-43-42-25-12-17-32-51(42)59-53(43)46;56-36-40-33-42(31-32-43(40)39-34-49(37-17-4-1-5-18-37)57-50(35-39)38-19-6-2-7-20-38)58-51-28-13-11-25-46(51)55(41-21-8-3-9-22-41,47-26-12-14-29-52(47)58)48-27-16-24-45-44-23-10-15-30-53(44)59-54(45)48/h3-35H,1-2H3;1-35H. The van der Waals surface area contributed by atoms with Crippen LogP contribution in [0.5, 0.6) is 0 Å². The van der Waals surface area contributed by atoms with Crippen LogP contribution in [-0.2, 0) is 10.8 Å². The van der Waals surface area contributed by atoms with Crippen LogP contribution >= 0.6 is 0 Å². The van der Waals surface area contributed by atoms with Crippen molar-refractivity contribution >= 4 is 78.0 Å². The van der Waals surface area contributed by atoms with Crippen molar-refractivity contribution in [1.29, 1.82) is 5.26 Å². The van der Waals surface area contributed by atoms with Crippen LogP contribution in [0.15, 0.2) is 421 Å². The second-order valence-electron chi connectivity index (χ2n) is 30.4. The van der Waals surface area contributed by atoms with Gasteiger partial charge in [-0.1, -0.05) is 334 Å². The van der Waals surface area contributed by atoms with E-state index in [1.165, 1.54) is 16.7 Å². The SMILES string of the molecule is Cc1cc(-c2nc(-c3ccccc3)cc(-c3ccccc3)n2)cc(C)c1N1c2ccccc2C(c2ccccc2)(c2cccc3c2oc2ccccc23)c2ccccc21.N#Cc1cc(N2c3ccccc3C(c3ccccc3)(c3cccc4c3oc3ccccc34)c3ccccc32)ccc1-c1cc(-c2ccccc2)nc(-c2ccccc2)c1. The number of para-hydroxylation sites is 8. The van der Waals surface area contributed by atoms with Crippen LogP contribution in [0.4, 0.5) is 34.1 Å². The normalized spacial score (nSPS) is 12.9. The third-order valence-electron chi connectivity index (χ3n) is 23.7.